The SMILES string of the molecule is CC1CC(C)C2(C)CC(C(C)(C)C)CCC2C1. The van der Waals surface area contributed by atoms with Crippen molar-refractivity contribution in [3.05, 3.63) is 0 Å². The van der Waals surface area contributed by atoms with Gasteiger partial charge in [0, 0.05) is 0 Å². The molecule has 2 rings (SSSR count). The molecule has 0 bridgehead atoms. The van der Waals surface area contributed by atoms with E-state index in [1.165, 1.54) is 32.1 Å². The molecule has 0 heterocycles. The van der Waals surface area contributed by atoms with E-state index < -0.39 is 0 Å². The van der Waals surface area contributed by atoms with E-state index in [0.29, 0.717) is 10.8 Å². The van der Waals surface area contributed by atoms with Crippen LogP contribution in [0.2, 0.25) is 0 Å². The number of fused-ring (bicyclic) bond motifs is 1. The monoisotopic (exact) mass is 236 g/mol. The molecule has 2 aliphatic rings. The molecule has 100 valence electrons. The Balaban J connectivity index is 2.16. The second kappa shape index (κ2) is 4.28. The summed E-state index contributed by atoms with van der Waals surface area (Å²) in [6.45, 7) is 14.9. The minimum Gasteiger partial charge on any atom is -0.0625 e. The largest absolute Gasteiger partial charge is 0.0625 e. The zero-order valence-electron chi connectivity index (χ0n) is 12.8. The first-order valence-corrected chi connectivity index (χ1v) is 7.73. The molecular formula is C17H32. The minimum atomic E-state index is 0.511. The van der Waals surface area contributed by atoms with Crippen LogP contribution in [0.1, 0.15) is 73.6 Å². The molecule has 5 atom stereocenters. The van der Waals surface area contributed by atoms with Crippen LogP contribution in [0.5, 0.6) is 0 Å². The number of rotatable bonds is 0. The van der Waals surface area contributed by atoms with Crippen molar-refractivity contribution in [1.29, 1.82) is 0 Å². The lowest BCUT2D eigenvalue weighted by molar-refractivity contribution is -0.0536. The fraction of sp³-hybridized carbons (Fsp3) is 1.00. The molecule has 5 unspecified atom stereocenters. The van der Waals surface area contributed by atoms with Gasteiger partial charge in [0.05, 0.1) is 0 Å². The van der Waals surface area contributed by atoms with Gasteiger partial charge in [-0.3, -0.25) is 0 Å². The third-order valence-corrected chi connectivity index (χ3v) is 6.28. The molecule has 0 amide bonds. The van der Waals surface area contributed by atoms with Crippen molar-refractivity contribution in [2.45, 2.75) is 73.6 Å². The summed E-state index contributed by atoms with van der Waals surface area (Å²) in [7, 11) is 0. The van der Waals surface area contributed by atoms with Crippen molar-refractivity contribution in [3.8, 4) is 0 Å². The normalized spacial score (nSPS) is 47.6. The average Bonchev–Trinajstić information content (AvgIpc) is 2.18. The maximum atomic E-state index is 2.60. The highest BCUT2D eigenvalue weighted by Gasteiger charge is 2.48. The first kappa shape index (κ1) is 13.4. The second-order valence-corrected chi connectivity index (χ2v) is 8.52. The van der Waals surface area contributed by atoms with Crippen LogP contribution in [0.25, 0.3) is 0 Å². The van der Waals surface area contributed by atoms with E-state index in [0.717, 1.165) is 23.7 Å². The molecule has 0 aromatic rings. The van der Waals surface area contributed by atoms with Crippen LogP contribution in [0.15, 0.2) is 0 Å². The lowest BCUT2D eigenvalue weighted by Gasteiger charge is -2.55. The summed E-state index contributed by atoms with van der Waals surface area (Å²) in [6.07, 6.45) is 7.41. The summed E-state index contributed by atoms with van der Waals surface area (Å²) in [4.78, 5) is 0. The van der Waals surface area contributed by atoms with Gasteiger partial charge in [-0.2, -0.15) is 0 Å². The van der Waals surface area contributed by atoms with Gasteiger partial charge in [-0.1, -0.05) is 41.5 Å². The molecule has 2 saturated carbocycles. The Labute approximate surface area is 109 Å². The van der Waals surface area contributed by atoms with Crippen LogP contribution in [0.4, 0.5) is 0 Å². The van der Waals surface area contributed by atoms with Gasteiger partial charge in [-0.05, 0) is 66.6 Å². The van der Waals surface area contributed by atoms with E-state index in [1.807, 2.05) is 0 Å². The molecule has 0 radical (unpaired) electrons. The number of hydrogen-bond donors (Lipinski definition) is 0. The Bertz CT molecular complexity index is 272. The summed E-state index contributed by atoms with van der Waals surface area (Å²) in [5.74, 6) is 3.86. The average molecular weight is 236 g/mol. The van der Waals surface area contributed by atoms with E-state index in [2.05, 4.69) is 41.5 Å². The Kier molecular flexibility index (Phi) is 3.38. The predicted molar refractivity (Wildman–Crippen MR) is 76.0 cm³/mol. The van der Waals surface area contributed by atoms with Crippen LogP contribution in [0, 0.1) is 34.5 Å². The highest BCUT2D eigenvalue weighted by atomic mass is 14.5. The topological polar surface area (TPSA) is 0 Å². The molecule has 2 aliphatic carbocycles. The molecule has 0 nitrogen and oxygen atoms in total. The molecule has 0 saturated heterocycles. The van der Waals surface area contributed by atoms with E-state index in [-0.39, 0.29) is 0 Å². The van der Waals surface area contributed by atoms with Crippen molar-refractivity contribution < 1.29 is 0 Å². The van der Waals surface area contributed by atoms with Crippen LogP contribution in [-0.4, -0.2) is 0 Å². The van der Waals surface area contributed by atoms with E-state index >= 15 is 0 Å². The summed E-state index contributed by atoms with van der Waals surface area (Å²) in [6, 6.07) is 0. The molecule has 0 aliphatic heterocycles. The third kappa shape index (κ3) is 2.42. The van der Waals surface area contributed by atoms with Gasteiger partial charge in [0.25, 0.3) is 0 Å². The fourth-order valence-electron chi connectivity index (χ4n) is 4.72. The molecule has 0 spiro atoms. The molecule has 0 N–H and O–H groups in total. The standard InChI is InChI=1S/C17H32/c1-12-9-13(2)17(6)11-15(16(3,4)5)8-7-14(17)10-12/h12-15H,7-11H2,1-6H3. The van der Waals surface area contributed by atoms with E-state index in [9.17, 15) is 0 Å². The smallest absolute Gasteiger partial charge is 0.0269 e. The Morgan fingerprint density at radius 2 is 1.65 bits per heavy atom. The van der Waals surface area contributed by atoms with Crippen molar-refractivity contribution in [2.24, 2.45) is 34.5 Å². The van der Waals surface area contributed by atoms with Crippen molar-refractivity contribution in [2.75, 3.05) is 0 Å². The first-order valence-electron chi connectivity index (χ1n) is 7.73. The lowest BCUT2D eigenvalue weighted by atomic mass is 9.50. The van der Waals surface area contributed by atoms with Crippen LogP contribution in [-0.2, 0) is 0 Å². The zero-order valence-corrected chi connectivity index (χ0v) is 12.8. The van der Waals surface area contributed by atoms with Crippen molar-refractivity contribution in [3.63, 3.8) is 0 Å². The lowest BCUT2D eigenvalue weighted by Crippen LogP contribution is -2.46. The van der Waals surface area contributed by atoms with E-state index in [4.69, 9.17) is 0 Å². The summed E-state index contributed by atoms with van der Waals surface area (Å²) in [5.41, 5.74) is 1.15. The maximum Gasteiger partial charge on any atom is -0.0269 e. The maximum absolute atomic E-state index is 2.60. The predicted octanol–water partition coefficient (Wildman–Crippen LogP) is 5.52. The molecule has 0 heteroatoms. The summed E-state index contributed by atoms with van der Waals surface area (Å²) >= 11 is 0. The van der Waals surface area contributed by atoms with Gasteiger partial charge in [0.1, 0.15) is 0 Å². The Morgan fingerprint density at radius 1 is 1.00 bits per heavy atom. The highest BCUT2D eigenvalue weighted by molar-refractivity contribution is 4.98. The quantitative estimate of drug-likeness (QED) is 0.519. The van der Waals surface area contributed by atoms with Gasteiger partial charge < -0.3 is 0 Å². The van der Waals surface area contributed by atoms with Crippen molar-refractivity contribution in [1.82, 2.24) is 0 Å². The van der Waals surface area contributed by atoms with Gasteiger partial charge in [0.2, 0.25) is 0 Å². The molecule has 17 heavy (non-hydrogen) atoms. The van der Waals surface area contributed by atoms with Crippen LogP contribution in [0.3, 0.4) is 0 Å². The molecule has 0 aromatic heterocycles. The molecular weight excluding hydrogens is 204 g/mol. The van der Waals surface area contributed by atoms with Crippen LogP contribution >= 0.6 is 0 Å². The summed E-state index contributed by atoms with van der Waals surface area (Å²) in [5, 5.41) is 0. The Hall–Kier alpha value is 0. The van der Waals surface area contributed by atoms with Gasteiger partial charge >= 0.3 is 0 Å². The van der Waals surface area contributed by atoms with Gasteiger partial charge in [-0.25, -0.2) is 0 Å². The van der Waals surface area contributed by atoms with Crippen molar-refractivity contribution >= 4 is 0 Å². The number of hydrogen-bond acceptors (Lipinski definition) is 0. The first-order chi connectivity index (χ1) is 7.73. The minimum absolute atomic E-state index is 0.511. The molecule has 2 fully saturated rings. The van der Waals surface area contributed by atoms with Gasteiger partial charge in [-0.15, -0.1) is 0 Å². The third-order valence-electron chi connectivity index (χ3n) is 6.28. The zero-order chi connectivity index (χ0) is 12.8. The Morgan fingerprint density at radius 3 is 2.24 bits per heavy atom. The fourth-order valence-corrected chi connectivity index (χ4v) is 4.72. The van der Waals surface area contributed by atoms with Gasteiger partial charge in [0.15, 0.2) is 0 Å². The van der Waals surface area contributed by atoms with E-state index in [1.54, 1.807) is 0 Å². The van der Waals surface area contributed by atoms with Crippen LogP contribution < -0.4 is 0 Å². The second-order valence-electron chi connectivity index (χ2n) is 8.52. The summed E-state index contributed by atoms with van der Waals surface area (Å²) < 4.78 is 0. The highest BCUT2D eigenvalue weighted by Crippen LogP contribution is 2.58. The molecule has 0 aromatic carbocycles.